The Bertz CT molecular complexity index is 272. The fourth-order valence-corrected chi connectivity index (χ4v) is 4.13. The van der Waals surface area contributed by atoms with Gasteiger partial charge >= 0.3 is 0 Å². The standard InChI is InChI=1S/C8H15NO2S2/c10-13(11)3-1-2-7(6-13)9-8-4-12-5-8/h7-9H,1-6H2. The van der Waals surface area contributed by atoms with E-state index in [0.29, 0.717) is 17.5 Å². The van der Waals surface area contributed by atoms with Crippen molar-refractivity contribution < 1.29 is 8.42 Å². The highest BCUT2D eigenvalue weighted by molar-refractivity contribution is 8.00. The van der Waals surface area contributed by atoms with Gasteiger partial charge in [-0.2, -0.15) is 11.8 Å². The van der Waals surface area contributed by atoms with Crippen LogP contribution in [-0.2, 0) is 9.84 Å². The van der Waals surface area contributed by atoms with Gasteiger partial charge in [0, 0.05) is 23.6 Å². The summed E-state index contributed by atoms with van der Waals surface area (Å²) in [7, 11) is -2.73. The summed E-state index contributed by atoms with van der Waals surface area (Å²) in [4.78, 5) is 0. The second-order valence-electron chi connectivity index (χ2n) is 3.85. The van der Waals surface area contributed by atoms with Crippen molar-refractivity contribution in [2.75, 3.05) is 23.0 Å². The first kappa shape index (κ1) is 9.80. The maximum absolute atomic E-state index is 11.3. The van der Waals surface area contributed by atoms with Crippen molar-refractivity contribution in [3.63, 3.8) is 0 Å². The number of hydrogen-bond donors (Lipinski definition) is 1. The Morgan fingerprint density at radius 1 is 1.23 bits per heavy atom. The zero-order chi connectivity index (χ0) is 9.31. The summed E-state index contributed by atoms with van der Waals surface area (Å²) in [6.07, 6.45) is 1.86. The molecule has 1 atom stereocenters. The van der Waals surface area contributed by atoms with Crippen molar-refractivity contribution in [3.05, 3.63) is 0 Å². The summed E-state index contributed by atoms with van der Waals surface area (Å²) in [6.45, 7) is 0. The van der Waals surface area contributed by atoms with Crippen LogP contribution in [-0.4, -0.2) is 43.5 Å². The lowest BCUT2D eigenvalue weighted by Gasteiger charge is -2.32. The molecular formula is C8H15NO2S2. The summed E-state index contributed by atoms with van der Waals surface area (Å²) < 4.78 is 22.6. The summed E-state index contributed by atoms with van der Waals surface area (Å²) in [5, 5.41) is 3.41. The second-order valence-corrected chi connectivity index (χ2v) is 7.16. The van der Waals surface area contributed by atoms with Crippen LogP contribution in [0.2, 0.25) is 0 Å². The quantitative estimate of drug-likeness (QED) is 0.727. The van der Waals surface area contributed by atoms with Crippen molar-refractivity contribution in [1.29, 1.82) is 0 Å². The predicted octanol–water partition coefficient (Wildman–Crippen LogP) is 0.269. The number of hydrogen-bond acceptors (Lipinski definition) is 4. The highest BCUT2D eigenvalue weighted by Gasteiger charge is 2.28. The van der Waals surface area contributed by atoms with Crippen LogP contribution >= 0.6 is 11.8 Å². The molecule has 0 aromatic rings. The summed E-state index contributed by atoms with van der Waals surface area (Å²) in [5.41, 5.74) is 0. The molecule has 0 aromatic heterocycles. The lowest BCUT2D eigenvalue weighted by atomic mass is 10.1. The van der Waals surface area contributed by atoms with Gasteiger partial charge in [-0.3, -0.25) is 0 Å². The Kier molecular flexibility index (Phi) is 2.86. The minimum Gasteiger partial charge on any atom is -0.309 e. The van der Waals surface area contributed by atoms with E-state index in [4.69, 9.17) is 0 Å². The molecule has 1 N–H and O–H groups in total. The molecule has 13 heavy (non-hydrogen) atoms. The number of rotatable bonds is 2. The van der Waals surface area contributed by atoms with Gasteiger partial charge in [0.25, 0.3) is 0 Å². The maximum Gasteiger partial charge on any atom is 0.151 e. The molecule has 0 amide bonds. The molecule has 1 unspecified atom stereocenters. The van der Waals surface area contributed by atoms with Gasteiger partial charge in [0.1, 0.15) is 0 Å². The second kappa shape index (κ2) is 3.79. The maximum atomic E-state index is 11.3. The molecular weight excluding hydrogens is 206 g/mol. The molecule has 0 bridgehead atoms. The molecule has 2 aliphatic rings. The van der Waals surface area contributed by atoms with E-state index in [1.807, 2.05) is 11.8 Å². The van der Waals surface area contributed by atoms with E-state index in [0.717, 1.165) is 24.3 Å². The van der Waals surface area contributed by atoms with E-state index in [2.05, 4.69) is 5.32 Å². The minimum atomic E-state index is -2.73. The van der Waals surface area contributed by atoms with E-state index < -0.39 is 9.84 Å². The third-order valence-corrected chi connectivity index (χ3v) is 5.67. The normalized spacial score (nSPS) is 34.0. The molecule has 2 fully saturated rings. The average molecular weight is 221 g/mol. The van der Waals surface area contributed by atoms with Gasteiger partial charge in [-0.05, 0) is 12.8 Å². The third kappa shape index (κ3) is 2.60. The van der Waals surface area contributed by atoms with E-state index in [1.54, 1.807) is 0 Å². The van der Waals surface area contributed by atoms with Gasteiger partial charge in [0.05, 0.1) is 11.5 Å². The zero-order valence-corrected chi connectivity index (χ0v) is 9.16. The molecule has 0 aromatic carbocycles. The van der Waals surface area contributed by atoms with E-state index in [-0.39, 0.29) is 6.04 Å². The van der Waals surface area contributed by atoms with Crippen molar-refractivity contribution in [2.24, 2.45) is 0 Å². The van der Waals surface area contributed by atoms with Gasteiger partial charge in [-0.25, -0.2) is 8.42 Å². The monoisotopic (exact) mass is 221 g/mol. The van der Waals surface area contributed by atoms with Crippen LogP contribution in [0.15, 0.2) is 0 Å². The summed E-state index contributed by atoms with van der Waals surface area (Å²) in [6, 6.07) is 0.799. The van der Waals surface area contributed by atoms with Crippen LogP contribution in [0.1, 0.15) is 12.8 Å². The molecule has 3 nitrogen and oxygen atoms in total. The van der Waals surface area contributed by atoms with Crippen LogP contribution in [0.5, 0.6) is 0 Å². The molecule has 0 saturated carbocycles. The Morgan fingerprint density at radius 2 is 2.00 bits per heavy atom. The van der Waals surface area contributed by atoms with Gasteiger partial charge in [-0.15, -0.1) is 0 Å². The molecule has 76 valence electrons. The van der Waals surface area contributed by atoms with E-state index >= 15 is 0 Å². The van der Waals surface area contributed by atoms with Crippen molar-refractivity contribution in [1.82, 2.24) is 5.32 Å². The average Bonchev–Trinajstić information content (AvgIpc) is 1.95. The SMILES string of the molecule is O=S1(=O)CCCC(NC2CSC2)C1. The summed E-state index contributed by atoms with van der Waals surface area (Å²) in [5.74, 6) is 3.05. The molecule has 0 spiro atoms. The minimum absolute atomic E-state index is 0.227. The fourth-order valence-electron chi connectivity index (χ4n) is 1.82. The Hall–Kier alpha value is 0.260. The van der Waals surface area contributed by atoms with Gasteiger partial charge in [0.2, 0.25) is 0 Å². The molecule has 0 aliphatic carbocycles. The fraction of sp³-hybridized carbons (Fsp3) is 1.00. The number of sulfone groups is 1. The highest BCUT2D eigenvalue weighted by atomic mass is 32.2. The number of thioether (sulfide) groups is 1. The topological polar surface area (TPSA) is 46.2 Å². The van der Waals surface area contributed by atoms with Crippen molar-refractivity contribution in [3.8, 4) is 0 Å². The number of nitrogens with one attached hydrogen (secondary N) is 1. The smallest absolute Gasteiger partial charge is 0.151 e. The molecule has 2 heterocycles. The molecule has 2 aliphatic heterocycles. The van der Waals surface area contributed by atoms with Gasteiger partial charge in [-0.1, -0.05) is 0 Å². The third-order valence-electron chi connectivity index (χ3n) is 2.57. The zero-order valence-electron chi connectivity index (χ0n) is 7.53. The molecule has 2 rings (SSSR count). The largest absolute Gasteiger partial charge is 0.309 e. The highest BCUT2D eigenvalue weighted by Crippen LogP contribution is 2.20. The van der Waals surface area contributed by atoms with Crippen LogP contribution in [0, 0.1) is 0 Å². The first-order valence-corrected chi connectivity index (χ1v) is 7.67. The Balaban J connectivity index is 1.85. The predicted molar refractivity (Wildman–Crippen MR) is 55.9 cm³/mol. The Labute approximate surface area is 83.6 Å². The Morgan fingerprint density at radius 3 is 2.54 bits per heavy atom. The molecule has 0 radical (unpaired) electrons. The van der Waals surface area contributed by atoms with Gasteiger partial charge in [0.15, 0.2) is 9.84 Å². The van der Waals surface area contributed by atoms with E-state index in [9.17, 15) is 8.42 Å². The lowest BCUT2D eigenvalue weighted by Crippen LogP contribution is -2.50. The van der Waals surface area contributed by atoms with Crippen LogP contribution < -0.4 is 5.32 Å². The first-order valence-electron chi connectivity index (χ1n) is 4.70. The molecule has 5 heteroatoms. The molecule has 2 saturated heterocycles. The first-order chi connectivity index (χ1) is 6.16. The van der Waals surface area contributed by atoms with Crippen LogP contribution in [0.3, 0.4) is 0 Å². The van der Waals surface area contributed by atoms with Crippen molar-refractivity contribution in [2.45, 2.75) is 24.9 Å². The summed E-state index contributed by atoms with van der Waals surface area (Å²) >= 11 is 1.92. The van der Waals surface area contributed by atoms with Gasteiger partial charge < -0.3 is 5.32 Å². The van der Waals surface area contributed by atoms with E-state index in [1.165, 1.54) is 0 Å². The lowest BCUT2D eigenvalue weighted by molar-refractivity contribution is 0.443. The van der Waals surface area contributed by atoms with Crippen molar-refractivity contribution >= 4 is 21.6 Å². The van der Waals surface area contributed by atoms with Crippen LogP contribution in [0.25, 0.3) is 0 Å². The van der Waals surface area contributed by atoms with Crippen LogP contribution in [0.4, 0.5) is 0 Å².